The first-order chi connectivity index (χ1) is 3.71. The fourth-order valence-electron chi connectivity index (χ4n) is 0.283. The van der Waals surface area contributed by atoms with Crippen LogP contribution in [0.2, 0.25) is 0 Å². The summed E-state index contributed by atoms with van der Waals surface area (Å²) in [6.45, 7) is 0. The molecule has 0 saturated heterocycles. The molecule has 0 aromatic carbocycles. The number of rotatable bonds is 2. The summed E-state index contributed by atoms with van der Waals surface area (Å²) in [7, 11) is 0.0885. The zero-order chi connectivity index (χ0) is 7.71. The average Bonchev–Trinajstić information content (AvgIpc) is 1.14. The molecule has 1 N–H and O–H groups in total. The van der Waals surface area contributed by atoms with Crippen LogP contribution in [0.4, 0.5) is 0 Å². The van der Waals surface area contributed by atoms with Gasteiger partial charge in [0.15, 0.2) is 0 Å². The van der Waals surface area contributed by atoms with Crippen molar-refractivity contribution in [2.45, 2.75) is 0 Å². The lowest BCUT2D eigenvalue weighted by molar-refractivity contribution is -1.03. The molecule has 0 unspecified atom stereocenters. The van der Waals surface area contributed by atoms with Gasteiger partial charge in [-0.25, -0.2) is 0 Å². The van der Waals surface area contributed by atoms with Gasteiger partial charge in [0, 0.05) is 0 Å². The molecule has 0 aliphatic rings. The van der Waals surface area contributed by atoms with Crippen LogP contribution in [0.5, 0.6) is 0 Å². The van der Waals surface area contributed by atoms with Crippen molar-refractivity contribution in [3.63, 3.8) is 0 Å². The van der Waals surface area contributed by atoms with Gasteiger partial charge in [0.25, 0.3) is 0 Å². The number of hydrogen-bond donors (Lipinski definition) is 1. The van der Waals surface area contributed by atoms with Crippen molar-refractivity contribution >= 4 is 10.4 Å². The Labute approximate surface area is 54.3 Å². The van der Waals surface area contributed by atoms with Crippen LogP contribution in [0.25, 0.3) is 0 Å². The molecule has 6 heteroatoms. The Balaban J connectivity index is 4.07. The third-order valence-electron chi connectivity index (χ3n) is 0.318. The first-order valence-corrected chi connectivity index (χ1v) is 3.57. The Hall–Kier alpha value is -0.170. The van der Waals surface area contributed by atoms with Crippen LogP contribution in [-0.4, -0.2) is 38.8 Å². The molecule has 0 saturated carbocycles. The third-order valence-corrected chi connectivity index (χ3v) is 0.953. The molecular weight excluding hydrogens is 146 g/mol. The van der Waals surface area contributed by atoms with Crippen molar-refractivity contribution in [2.24, 2.45) is 0 Å². The second-order valence-corrected chi connectivity index (χ2v) is 3.40. The first-order valence-electron chi connectivity index (χ1n) is 2.21. The molecule has 0 fully saturated rings. The van der Waals surface area contributed by atoms with E-state index in [-0.39, 0.29) is 4.65 Å². The average molecular weight is 156 g/mol. The SMILES string of the molecule is C[N+](C)(C)OS(=O)(=O)O. The summed E-state index contributed by atoms with van der Waals surface area (Å²) >= 11 is 0. The predicted molar refractivity (Wildman–Crippen MR) is 30.7 cm³/mol. The van der Waals surface area contributed by atoms with E-state index in [0.717, 1.165) is 0 Å². The number of hydrogen-bond acceptors (Lipinski definition) is 3. The molecule has 0 heterocycles. The predicted octanol–water partition coefficient (Wildman–Crippen LogP) is -0.573. The lowest BCUT2D eigenvalue weighted by atomic mass is 11.0. The van der Waals surface area contributed by atoms with Gasteiger partial charge in [-0.15, -0.1) is 0 Å². The highest BCUT2D eigenvalue weighted by atomic mass is 32.3. The molecule has 0 aromatic rings. The maximum atomic E-state index is 9.96. The monoisotopic (exact) mass is 156 g/mol. The Bertz CT molecular complexity index is 176. The zero-order valence-electron chi connectivity index (χ0n) is 5.53. The fourth-order valence-corrected chi connectivity index (χ4v) is 0.848. The minimum absolute atomic E-state index is 0.279. The van der Waals surface area contributed by atoms with Gasteiger partial charge in [-0.2, -0.15) is 13.1 Å². The zero-order valence-corrected chi connectivity index (χ0v) is 6.34. The lowest BCUT2D eigenvalue weighted by Gasteiger charge is -2.16. The lowest BCUT2D eigenvalue weighted by Crippen LogP contribution is -2.36. The molecule has 0 radical (unpaired) electrons. The van der Waals surface area contributed by atoms with E-state index in [1.165, 1.54) is 21.1 Å². The van der Waals surface area contributed by atoms with E-state index in [2.05, 4.69) is 4.28 Å². The summed E-state index contributed by atoms with van der Waals surface area (Å²) in [5.41, 5.74) is 0. The maximum absolute atomic E-state index is 9.96. The molecule has 0 amide bonds. The Morgan fingerprint density at radius 1 is 1.33 bits per heavy atom. The van der Waals surface area contributed by atoms with Gasteiger partial charge in [0.2, 0.25) is 0 Å². The molecule has 0 spiro atoms. The van der Waals surface area contributed by atoms with Gasteiger partial charge in [-0.3, -0.25) is 4.55 Å². The number of hydroxylamine groups is 3. The fraction of sp³-hybridized carbons (Fsp3) is 1.00. The van der Waals surface area contributed by atoms with E-state index in [1.54, 1.807) is 0 Å². The number of quaternary nitrogens is 1. The van der Waals surface area contributed by atoms with E-state index >= 15 is 0 Å². The smallest absolute Gasteiger partial charge is 0.260 e. The minimum Gasteiger partial charge on any atom is -0.260 e. The molecular formula is C3H10NO4S+. The van der Waals surface area contributed by atoms with E-state index in [9.17, 15) is 8.42 Å². The van der Waals surface area contributed by atoms with Gasteiger partial charge in [0.05, 0.1) is 21.1 Å². The molecule has 9 heavy (non-hydrogen) atoms. The highest BCUT2D eigenvalue weighted by Gasteiger charge is 2.18. The Morgan fingerprint density at radius 3 is 1.67 bits per heavy atom. The van der Waals surface area contributed by atoms with Gasteiger partial charge in [-0.1, -0.05) is 0 Å². The molecule has 0 atom stereocenters. The first kappa shape index (κ1) is 8.83. The van der Waals surface area contributed by atoms with Gasteiger partial charge >= 0.3 is 10.4 Å². The van der Waals surface area contributed by atoms with E-state index in [0.29, 0.717) is 0 Å². The van der Waals surface area contributed by atoms with E-state index < -0.39 is 10.4 Å². The second-order valence-electron chi connectivity index (χ2n) is 2.39. The summed E-state index contributed by atoms with van der Waals surface area (Å²) in [4.78, 5) is 0. The standard InChI is InChI=1S/C3H9NO4S/c1-4(2,3)8-9(5,6)7/h1-3H3/p+1. The van der Waals surface area contributed by atoms with Gasteiger partial charge in [-0.05, 0) is 4.28 Å². The Morgan fingerprint density at radius 2 is 1.67 bits per heavy atom. The molecule has 0 bridgehead atoms. The third kappa shape index (κ3) is 7.83. The Kier molecular flexibility index (Phi) is 2.18. The molecule has 0 aromatic heterocycles. The van der Waals surface area contributed by atoms with Gasteiger partial charge < -0.3 is 0 Å². The summed E-state index contributed by atoms with van der Waals surface area (Å²) in [5.74, 6) is 0. The summed E-state index contributed by atoms with van der Waals surface area (Å²) < 4.78 is 31.8. The van der Waals surface area contributed by atoms with Crippen LogP contribution in [0.3, 0.4) is 0 Å². The van der Waals surface area contributed by atoms with Crippen molar-refractivity contribution in [3.8, 4) is 0 Å². The largest absolute Gasteiger partial charge is 0.442 e. The van der Waals surface area contributed by atoms with Crippen LogP contribution >= 0.6 is 0 Å². The van der Waals surface area contributed by atoms with Crippen LogP contribution in [0.15, 0.2) is 0 Å². The van der Waals surface area contributed by atoms with Crippen LogP contribution < -0.4 is 0 Å². The summed E-state index contributed by atoms with van der Waals surface area (Å²) in [6, 6.07) is 0. The molecule has 0 aliphatic heterocycles. The minimum atomic E-state index is -4.31. The number of nitrogens with zero attached hydrogens (tertiary/aromatic N) is 1. The van der Waals surface area contributed by atoms with Crippen molar-refractivity contribution in [1.82, 2.24) is 0 Å². The second kappa shape index (κ2) is 2.22. The van der Waals surface area contributed by atoms with Crippen molar-refractivity contribution in [3.05, 3.63) is 0 Å². The molecule has 0 rings (SSSR count). The highest BCUT2D eigenvalue weighted by molar-refractivity contribution is 7.80. The van der Waals surface area contributed by atoms with E-state index in [1.807, 2.05) is 0 Å². The van der Waals surface area contributed by atoms with Gasteiger partial charge in [0.1, 0.15) is 0 Å². The quantitative estimate of drug-likeness (QED) is 0.330. The maximum Gasteiger partial charge on any atom is 0.442 e. The van der Waals surface area contributed by atoms with Crippen LogP contribution in [-0.2, 0) is 14.7 Å². The van der Waals surface area contributed by atoms with E-state index in [4.69, 9.17) is 4.55 Å². The topological polar surface area (TPSA) is 63.6 Å². The summed E-state index contributed by atoms with van der Waals surface area (Å²) in [5, 5.41) is 0. The van der Waals surface area contributed by atoms with Crippen LogP contribution in [0.1, 0.15) is 0 Å². The normalized spacial score (nSPS) is 13.8. The van der Waals surface area contributed by atoms with Crippen LogP contribution in [0, 0.1) is 0 Å². The summed E-state index contributed by atoms with van der Waals surface area (Å²) in [6.07, 6.45) is 0. The molecule has 5 nitrogen and oxygen atoms in total. The van der Waals surface area contributed by atoms with Crippen molar-refractivity contribution in [1.29, 1.82) is 0 Å². The molecule has 56 valence electrons. The van der Waals surface area contributed by atoms with Crippen molar-refractivity contribution in [2.75, 3.05) is 21.1 Å². The van der Waals surface area contributed by atoms with Crippen molar-refractivity contribution < 1.29 is 21.9 Å². The molecule has 0 aliphatic carbocycles. The highest BCUT2D eigenvalue weighted by Crippen LogP contribution is 1.96.